The van der Waals surface area contributed by atoms with Gasteiger partial charge in [0.15, 0.2) is 0 Å². The Balaban J connectivity index is 1.37. The van der Waals surface area contributed by atoms with E-state index in [-0.39, 0.29) is 42.1 Å². The summed E-state index contributed by atoms with van der Waals surface area (Å²) in [6, 6.07) is 16.1. The smallest absolute Gasteiger partial charge is 0.412 e. The van der Waals surface area contributed by atoms with Crippen LogP contribution in [0.15, 0.2) is 78.0 Å². The van der Waals surface area contributed by atoms with Crippen molar-refractivity contribution in [2.75, 3.05) is 32.1 Å². The summed E-state index contributed by atoms with van der Waals surface area (Å²) in [5.74, 6) is 1.21. The van der Waals surface area contributed by atoms with Gasteiger partial charge in [-0.2, -0.15) is 11.8 Å². The molecule has 2 aromatic rings. The Kier molecular flexibility index (Phi) is 30.4. The number of carbonyl (C=O) groups is 1. The monoisotopic (exact) mass is 1030 g/mol. The summed E-state index contributed by atoms with van der Waals surface area (Å²) >= 11 is 1.95. The zero-order valence-corrected chi connectivity index (χ0v) is 46.6. The van der Waals surface area contributed by atoms with Crippen LogP contribution in [-0.4, -0.2) is 65.2 Å². The van der Waals surface area contributed by atoms with Gasteiger partial charge >= 0.3 is 6.09 Å². The highest BCUT2D eigenvalue weighted by molar-refractivity contribution is 8.00. The number of oxime groups is 1. The number of aliphatic hydroxyl groups excluding tert-OH is 2. The summed E-state index contributed by atoms with van der Waals surface area (Å²) in [5.41, 5.74) is 4.12. The molecule has 2 aliphatic carbocycles. The van der Waals surface area contributed by atoms with Crippen LogP contribution in [-0.2, 0) is 16.2 Å². The molecule has 3 N–H and O–H groups in total. The van der Waals surface area contributed by atoms with Crippen molar-refractivity contribution in [3.63, 3.8) is 0 Å². The maximum Gasteiger partial charge on any atom is 0.412 e. The predicted octanol–water partition coefficient (Wildman–Crippen LogP) is 16.7. The van der Waals surface area contributed by atoms with E-state index in [0.29, 0.717) is 31.9 Å². The van der Waals surface area contributed by atoms with Gasteiger partial charge in [0.1, 0.15) is 18.1 Å². The third-order valence-corrected chi connectivity index (χ3v) is 17.1. The average molecular weight is 1030 g/mol. The van der Waals surface area contributed by atoms with E-state index in [1.165, 1.54) is 135 Å². The quantitative estimate of drug-likeness (QED) is 0.0342. The first-order chi connectivity index (χ1) is 36.0. The number of carbonyl (C=O) groups excluding carboxylic acids is 1. The fourth-order valence-electron chi connectivity index (χ4n) is 11.8. The molecule has 3 aliphatic rings. The number of rotatable bonds is 42. The van der Waals surface area contributed by atoms with Crippen LogP contribution >= 0.6 is 11.8 Å². The van der Waals surface area contributed by atoms with Gasteiger partial charge in [-0.15, -0.1) is 6.58 Å². The molecular formula is C63H100N2O7S. The van der Waals surface area contributed by atoms with Gasteiger partial charge in [0.2, 0.25) is 5.79 Å². The van der Waals surface area contributed by atoms with Gasteiger partial charge in [0, 0.05) is 37.7 Å². The third-order valence-electron chi connectivity index (χ3n) is 15.7. The Morgan fingerprint density at radius 2 is 1.34 bits per heavy atom. The molecule has 73 heavy (non-hydrogen) atoms. The van der Waals surface area contributed by atoms with Crippen LogP contribution in [0.3, 0.4) is 0 Å². The van der Waals surface area contributed by atoms with Crippen molar-refractivity contribution in [2.24, 2.45) is 22.9 Å². The number of thioether (sulfide) groups is 1. The van der Waals surface area contributed by atoms with E-state index in [1.807, 2.05) is 54.2 Å². The molecule has 1 fully saturated rings. The number of unbranched alkanes of at least 4 members (excludes halogenated alkanes) is 24. The number of allylic oxidation sites excluding steroid dienone is 1. The number of hydrogen-bond acceptors (Lipinski definition) is 9. The Bertz CT molecular complexity index is 1860. The molecule has 0 aromatic heterocycles. The van der Waals surface area contributed by atoms with Crippen LogP contribution in [0.4, 0.5) is 4.79 Å². The first-order valence-electron chi connectivity index (χ1n) is 29.8. The molecular weight excluding hydrogens is 929 g/mol. The molecule has 0 radical (unpaired) electrons. The number of nitrogens with zero attached hydrogens (tertiary/aromatic N) is 1. The van der Waals surface area contributed by atoms with Crippen molar-refractivity contribution < 1.29 is 34.1 Å². The minimum absolute atomic E-state index is 0.0755. The third kappa shape index (κ3) is 20.6. The average Bonchev–Trinajstić information content (AvgIpc) is 3.40. The molecule has 1 amide bonds. The van der Waals surface area contributed by atoms with Crippen LogP contribution in [0.2, 0.25) is 0 Å². The lowest BCUT2D eigenvalue weighted by Crippen LogP contribution is -2.64. The molecule has 1 heterocycles. The van der Waals surface area contributed by atoms with E-state index in [0.717, 1.165) is 91.7 Å². The zero-order valence-electron chi connectivity index (χ0n) is 45.8. The van der Waals surface area contributed by atoms with Gasteiger partial charge in [0.05, 0.1) is 23.5 Å². The zero-order chi connectivity index (χ0) is 51.6. The first kappa shape index (κ1) is 60.6. The second-order valence-corrected chi connectivity index (χ2v) is 22.8. The lowest BCUT2D eigenvalue weighted by molar-refractivity contribution is -0.223. The number of fused-ring (bicyclic) bond motifs is 2. The Labute approximate surface area is 447 Å². The highest BCUT2D eigenvalue weighted by Gasteiger charge is 2.64. The SMILES string of the molecule is C=CCOC12Oc3ccc(OC(=O)NCCCCCCCCCCCC)cc3C3C(CCCCO)C(CCCCO)C=C(C(=NOCc4ccccc4)CC1SCCCCCCCCCCCCCCCC)C32. The molecule has 1 saturated carbocycles. The molecule has 5 rings (SSSR count). The Morgan fingerprint density at radius 1 is 0.753 bits per heavy atom. The minimum Gasteiger partial charge on any atom is -0.460 e. The summed E-state index contributed by atoms with van der Waals surface area (Å²) < 4.78 is 20.7. The van der Waals surface area contributed by atoms with Crippen molar-refractivity contribution >= 4 is 23.6 Å². The molecule has 10 heteroatoms. The van der Waals surface area contributed by atoms with Crippen molar-refractivity contribution in [3.8, 4) is 11.5 Å². The normalized spacial score (nSPS) is 21.5. The van der Waals surface area contributed by atoms with E-state index in [1.54, 1.807) is 0 Å². The Hall–Kier alpha value is -3.31. The van der Waals surface area contributed by atoms with Gasteiger partial charge in [-0.25, -0.2) is 4.79 Å². The maximum atomic E-state index is 13.4. The van der Waals surface area contributed by atoms with Crippen LogP contribution in [0.25, 0.3) is 0 Å². The summed E-state index contributed by atoms with van der Waals surface area (Å²) in [6.45, 7) is 10.2. The van der Waals surface area contributed by atoms with E-state index in [2.05, 4.69) is 44.0 Å². The maximum absolute atomic E-state index is 13.4. The number of ether oxygens (including phenoxy) is 3. The number of nitrogens with one attached hydrogen (secondary N) is 1. The molecule has 0 saturated heterocycles. The lowest BCUT2D eigenvalue weighted by atomic mass is 9.56. The summed E-state index contributed by atoms with van der Waals surface area (Å²) in [4.78, 5) is 19.7. The standard InChI is InChI=1S/C63H100N2O7S/c1-4-7-9-11-13-15-17-18-19-20-22-24-26-35-46-73-59-49-57(65-70-50-51-36-28-27-29-37-51)55-47-52(38-30-33-43-66)54(39-31-34-44-67)60-56-48-53(40-41-58(56)72-63(59,61(55)60)69-45-6-3)71-62(68)64-42-32-25-23-21-16-14-12-10-8-5-2/h6,27-29,36-37,40-41,47-48,52,54,59-61,66-67H,3-5,7-26,30-35,38-39,42-46,49-50H2,1-2H3,(H,64,68). The van der Waals surface area contributed by atoms with Gasteiger partial charge in [-0.05, 0) is 85.4 Å². The Morgan fingerprint density at radius 3 is 1.95 bits per heavy atom. The van der Waals surface area contributed by atoms with E-state index >= 15 is 0 Å². The van der Waals surface area contributed by atoms with Crippen molar-refractivity contribution in [2.45, 2.75) is 236 Å². The molecule has 2 aromatic carbocycles. The van der Waals surface area contributed by atoms with Crippen molar-refractivity contribution in [1.82, 2.24) is 5.32 Å². The van der Waals surface area contributed by atoms with E-state index in [9.17, 15) is 15.0 Å². The number of benzene rings is 2. The summed E-state index contributed by atoms with van der Waals surface area (Å²) in [7, 11) is 0. The van der Waals surface area contributed by atoms with Crippen LogP contribution in [0, 0.1) is 17.8 Å². The molecule has 6 atom stereocenters. The molecule has 0 spiro atoms. The van der Waals surface area contributed by atoms with Gasteiger partial charge in [0.25, 0.3) is 0 Å². The molecule has 0 bridgehead atoms. The largest absolute Gasteiger partial charge is 0.460 e. The van der Waals surface area contributed by atoms with Crippen molar-refractivity contribution in [1.29, 1.82) is 0 Å². The fraction of sp³-hybridized carbons (Fsp3) is 0.714. The molecule has 1 aliphatic heterocycles. The van der Waals surface area contributed by atoms with E-state index < -0.39 is 11.9 Å². The minimum atomic E-state index is -1.03. The predicted molar refractivity (Wildman–Crippen MR) is 305 cm³/mol. The molecule has 6 unspecified atom stereocenters. The molecule has 9 nitrogen and oxygen atoms in total. The van der Waals surface area contributed by atoms with Gasteiger partial charge in [-0.1, -0.05) is 216 Å². The van der Waals surface area contributed by atoms with Crippen molar-refractivity contribution in [3.05, 3.63) is 84.0 Å². The van der Waals surface area contributed by atoms with E-state index in [4.69, 9.17) is 24.2 Å². The van der Waals surface area contributed by atoms with Crippen LogP contribution < -0.4 is 14.8 Å². The summed E-state index contributed by atoms with van der Waals surface area (Å²) in [6.07, 6.45) is 40.5. The molecule has 410 valence electrons. The number of hydrogen-bond donors (Lipinski definition) is 3. The van der Waals surface area contributed by atoms with Crippen LogP contribution in [0.1, 0.15) is 230 Å². The van der Waals surface area contributed by atoms with Gasteiger partial charge < -0.3 is 34.6 Å². The topological polar surface area (TPSA) is 119 Å². The summed E-state index contributed by atoms with van der Waals surface area (Å²) in [5, 5.41) is 28.0. The number of aliphatic hydroxyl groups is 2. The number of amides is 1. The highest BCUT2D eigenvalue weighted by atomic mass is 32.2. The second-order valence-electron chi connectivity index (χ2n) is 21.5. The fourth-order valence-corrected chi connectivity index (χ4v) is 13.2. The van der Waals surface area contributed by atoms with Gasteiger partial charge in [-0.3, -0.25) is 0 Å². The lowest BCUT2D eigenvalue weighted by Gasteiger charge is -2.58. The first-order valence-corrected chi connectivity index (χ1v) is 30.9. The highest BCUT2D eigenvalue weighted by Crippen LogP contribution is 2.62. The van der Waals surface area contributed by atoms with Crippen LogP contribution in [0.5, 0.6) is 11.5 Å². The second kappa shape index (κ2) is 36.6.